The molecular formula is C35H49N3O4. The lowest BCUT2D eigenvalue weighted by molar-refractivity contribution is -0.149. The van der Waals surface area contributed by atoms with Crippen LogP contribution >= 0.6 is 0 Å². The van der Waals surface area contributed by atoms with E-state index in [4.69, 9.17) is 4.74 Å². The van der Waals surface area contributed by atoms with Crippen molar-refractivity contribution in [3.05, 3.63) is 77.9 Å². The number of hydrogen-bond acceptors (Lipinski definition) is 4. The van der Waals surface area contributed by atoms with E-state index in [9.17, 15) is 14.4 Å². The first-order chi connectivity index (χ1) is 19.8. The molecule has 0 saturated heterocycles. The molecule has 2 aromatic rings. The molecule has 3 amide bonds. The smallest absolute Gasteiger partial charge is 0.408 e. The third-order valence-electron chi connectivity index (χ3n) is 7.95. The highest BCUT2D eigenvalue weighted by Crippen LogP contribution is 2.33. The van der Waals surface area contributed by atoms with Gasteiger partial charge in [-0.25, -0.2) is 4.79 Å². The van der Waals surface area contributed by atoms with E-state index >= 15 is 0 Å². The van der Waals surface area contributed by atoms with Crippen LogP contribution in [-0.4, -0.2) is 46.0 Å². The van der Waals surface area contributed by atoms with E-state index in [-0.39, 0.29) is 24.3 Å². The summed E-state index contributed by atoms with van der Waals surface area (Å²) in [6.07, 6.45) is 7.06. The van der Waals surface area contributed by atoms with E-state index in [1.165, 1.54) is 6.42 Å². The molecule has 2 atom stereocenters. The number of nitrogens with zero attached hydrogens (tertiary/aromatic N) is 1. The summed E-state index contributed by atoms with van der Waals surface area (Å²) in [5.74, 6) is -0.557. The van der Waals surface area contributed by atoms with Gasteiger partial charge >= 0.3 is 6.09 Å². The van der Waals surface area contributed by atoms with Crippen LogP contribution in [0.5, 0.6) is 0 Å². The molecule has 0 radical (unpaired) electrons. The standard InChI is InChI=1S/C35H49N3O4/c1-8-25-19-16-20-27(23-25)30(31(39)36-28-21-14-11-15-22-28)38(35(6,7)9-2)32(40)29(24-26-17-12-10-13-18-26)37-33(41)42-34(3,4)5/h8,10,12-13,16-20,23,28-30H,1,9,11,14-15,21-22,24H2,2-7H3,(H,36,39)(H,37,41). The molecule has 2 unspecified atom stereocenters. The van der Waals surface area contributed by atoms with Crippen molar-refractivity contribution in [2.75, 3.05) is 0 Å². The summed E-state index contributed by atoms with van der Waals surface area (Å²) in [5, 5.41) is 6.12. The molecule has 1 fully saturated rings. The topological polar surface area (TPSA) is 87.7 Å². The molecule has 1 aliphatic rings. The summed E-state index contributed by atoms with van der Waals surface area (Å²) >= 11 is 0. The molecule has 0 aliphatic heterocycles. The van der Waals surface area contributed by atoms with Crippen molar-refractivity contribution in [2.24, 2.45) is 0 Å². The van der Waals surface area contributed by atoms with Gasteiger partial charge in [-0.1, -0.05) is 87.4 Å². The fourth-order valence-electron chi connectivity index (χ4n) is 5.41. The van der Waals surface area contributed by atoms with E-state index in [1.807, 2.05) is 75.4 Å². The fourth-order valence-corrected chi connectivity index (χ4v) is 5.41. The minimum Gasteiger partial charge on any atom is -0.444 e. The summed E-state index contributed by atoms with van der Waals surface area (Å²) in [5.41, 5.74) is 0.988. The number of rotatable bonds is 11. The van der Waals surface area contributed by atoms with Crippen molar-refractivity contribution >= 4 is 24.0 Å². The van der Waals surface area contributed by atoms with Crippen LogP contribution in [0.1, 0.15) is 103 Å². The van der Waals surface area contributed by atoms with Crippen molar-refractivity contribution in [1.29, 1.82) is 0 Å². The van der Waals surface area contributed by atoms with Gasteiger partial charge in [-0.3, -0.25) is 9.59 Å². The summed E-state index contributed by atoms with van der Waals surface area (Å²) in [4.78, 5) is 43.8. The first kappa shape index (κ1) is 32.9. The number of nitrogens with one attached hydrogen (secondary N) is 2. The third-order valence-corrected chi connectivity index (χ3v) is 7.95. The SMILES string of the molecule is C=Cc1cccc(C(C(=O)NC2CCCCC2)N(C(=O)C(Cc2ccccc2)NC(=O)OC(C)(C)C)C(C)(C)CC)c1. The lowest BCUT2D eigenvalue weighted by Crippen LogP contribution is -2.60. The van der Waals surface area contributed by atoms with E-state index in [2.05, 4.69) is 17.2 Å². The van der Waals surface area contributed by atoms with Gasteiger partial charge < -0.3 is 20.3 Å². The van der Waals surface area contributed by atoms with Crippen LogP contribution < -0.4 is 10.6 Å². The molecule has 3 rings (SSSR count). The Labute approximate surface area is 252 Å². The molecule has 2 aromatic carbocycles. The molecule has 2 N–H and O–H groups in total. The minimum atomic E-state index is -0.958. The van der Waals surface area contributed by atoms with Crippen molar-refractivity contribution in [3.8, 4) is 0 Å². The summed E-state index contributed by atoms with van der Waals surface area (Å²) < 4.78 is 5.56. The maximum absolute atomic E-state index is 14.8. The fraction of sp³-hybridized carbons (Fsp3) is 0.514. The molecular weight excluding hydrogens is 526 g/mol. The monoisotopic (exact) mass is 575 g/mol. The highest BCUT2D eigenvalue weighted by molar-refractivity contribution is 5.93. The van der Waals surface area contributed by atoms with Gasteiger partial charge in [-0.15, -0.1) is 0 Å². The second kappa shape index (κ2) is 14.5. The Bertz CT molecular complexity index is 1210. The number of benzene rings is 2. The van der Waals surface area contributed by atoms with Gasteiger partial charge in [-0.05, 0) is 76.6 Å². The molecule has 0 aromatic heterocycles. The molecule has 42 heavy (non-hydrogen) atoms. The maximum Gasteiger partial charge on any atom is 0.408 e. The zero-order chi connectivity index (χ0) is 30.9. The van der Waals surface area contributed by atoms with Crippen LogP contribution in [0.2, 0.25) is 0 Å². The lowest BCUT2D eigenvalue weighted by atomic mass is 9.90. The summed E-state index contributed by atoms with van der Waals surface area (Å²) in [6.45, 7) is 15.2. The van der Waals surface area contributed by atoms with Crippen LogP contribution in [-0.2, 0) is 20.7 Å². The second-order valence-electron chi connectivity index (χ2n) is 12.9. The number of ether oxygens (including phenoxy) is 1. The highest BCUT2D eigenvalue weighted by Gasteiger charge is 2.43. The van der Waals surface area contributed by atoms with Gasteiger partial charge in [0, 0.05) is 18.0 Å². The summed E-state index contributed by atoms with van der Waals surface area (Å²) in [6, 6.07) is 15.4. The number of alkyl carbamates (subject to hydrolysis) is 1. The molecule has 0 heterocycles. The quantitative estimate of drug-likeness (QED) is 0.303. The van der Waals surface area contributed by atoms with Crippen LogP contribution in [0, 0.1) is 0 Å². The van der Waals surface area contributed by atoms with Crippen molar-refractivity contribution in [1.82, 2.24) is 15.5 Å². The van der Waals surface area contributed by atoms with Crippen molar-refractivity contribution in [2.45, 2.75) is 116 Å². The van der Waals surface area contributed by atoms with E-state index < -0.39 is 29.3 Å². The largest absolute Gasteiger partial charge is 0.444 e. The molecule has 7 nitrogen and oxygen atoms in total. The van der Waals surface area contributed by atoms with E-state index in [1.54, 1.807) is 31.7 Å². The Hall–Kier alpha value is -3.61. The molecule has 228 valence electrons. The second-order valence-corrected chi connectivity index (χ2v) is 12.9. The van der Waals surface area contributed by atoms with Gasteiger partial charge in [0.15, 0.2) is 0 Å². The molecule has 0 bridgehead atoms. The van der Waals surface area contributed by atoms with E-state index in [0.717, 1.165) is 36.8 Å². The van der Waals surface area contributed by atoms with Crippen LogP contribution in [0.3, 0.4) is 0 Å². The number of amides is 3. The maximum atomic E-state index is 14.8. The predicted octanol–water partition coefficient (Wildman–Crippen LogP) is 6.97. The third kappa shape index (κ3) is 9.20. The molecule has 1 aliphatic carbocycles. The zero-order valence-electron chi connectivity index (χ0n) is 26.2. The van der Waals surface area contributed by atoms with Gasteiger partial charge in [-0.2, -0.15) is 0 Å². The van der Waals surface area contributed by atoms with Gasteiger partial charge in [0.25, 0.3) is 0 Å². The predicted molar refractivity (Wildman–Crippen MR) is 169 cm³/mol. The summed E-state index contributed by atoms with van der Waals surface area (Å²) in [7, 11) is 0. The van der Waals surface area contributed by atoms with Gasteiger partial charge in [0.2, 0.25) is 11.8 Å². The van der Waals surface area contributed by atoms with Gasteiger partial charge in [0.05, 0.1) is 0 Å². The normalized spacial score (nSPS) is 15.7. The Morgan fingerprint density at radius 1 is 1.00 bits per heavy atom. The first-order valence-electron chi connectivity index (χ1n) is 15.2. The Kier molecular flexibility index (Phi) is 11.4. The molecule has 0 spiro atoms. The number of carbonyl (C=O) groups is 3. The Morgan fingerprint density at radius 2 is 1.67 bits per heavy atom. The van der Waals surface area contributed by atoms with Crippen molar-refractivity contribution in [3.63, 3.8) is 0 Å². The van der Waals surface area contributed by atoms with Crippen LogP contribution in [0.4, 0.5) is 4.79 Å². The lowest BCUT2D eigenvalue weighted by Gasteiger charge is -2.45. The number of carbonyl (C=O) groups excluding carboxylic acids is 3. The first-order valence-corrected chi connectivity index (χ1v) is 15.2. The Morgan fingerprint density at radius 3 is 2.26 bits per heavy atom. The average molecular weight is 576 g/mol. The Balaban J connectivity index is 2.11. The van der Waals surface area contributed by atoms with Crippen molar-refractivity contribution < 1.29 is 19.1 Å². The van der Waals surface area contributed by atoms with Gasteiger partial charge in [0.1, 0.15) is 17.7 Å². The molecule has 7 heteroatoms. The van der Waals surface area contributed by atoms with Crippen LogP contribution in [0.25, 0.3) is 6.08 Å². The number of hydrogen-bond donors (Lipinski definition) is 2. The highest BCUT2D eigenvalue weighted by atomic mass is 16.6. The molecule has 1 saturated carbocycles. The average Bonchev–Trinajstić information content (AvgIpc) is 2.95. The zero-order valence-corrected chi connectivity index (χ0v) is 26.2. The minimum absolute atomic E-state index is 0.0676. The van der Waals surface area contributed by atoms with E-state index in [0.29, 0.717) is 12.0 Å². The van der Waals surface area contributed by atoms with Crippen LogP contribution in [0.15, 0.2) is 61.2 Å².